The van der Waals surface area contributed by atoms with E-state index in [1.54, 1.807) is 7.11 Å². The highest BCUT2D eigenvalue weighted by Crippen LogP contribution is 2.33. The number of carbonyl (C=O) groups is 1. The Morgan fingerprint density at radius 1 is 0.970 bits per heavy atom. The standard InChI is InChI=1S/C27H27N3O3/c1-32-22-11-7-12-23(18-22)33-16-8-15-29-25-14-6-5-13-24(25)28-27(29)20-17-26(31)30(19-20)21-9-3-2-4-10-21/h2-7,9-14,18,20H,8,15-17,19H2,1H3/t20-/m0/s1. The Morgan fingerprint density at radius 3 is 2.61 bits per heavy atom. The molecular formula is C27H27N3O3. The third-order valence-electron chi connectivity index (χ3n) is 6.08. The number of fused-ring (bicyclic) bond motifs is 1. The fourth-order valence-electron chi connectivity index (χ4n) is 4.48. The first-order valence-corrected chi connectivity index (χ1v) is 11.3. The van der Waals surface area contributed by atoms with Crippen LogP contribution < -0.4 is 14.4 Å². The molecule has 1 atom stereocenters. The molecule has 0 bridgehead atoms. The Morgan fingerprint density at radius 2 is 1.76 bits per heavy atom. The lowest BCUT2D eigenvalue weighted by molar-refractivity contribution is -0.117. The molecule has 6 nitrogen and oxygen atoms in total. The zero-order valence-corrected chi connectivity index (χ0v) is 18.7. The van der Waals surface area contributed by atoms with Crippen LogP contribution in [-0.4, -0.2) is 35.7 Å². The normalized spacial score (nSPS) is 15.8. The SMILES string of the molecule is COc1cccc(OCCCn2c([C@H]3CC(=O)N(c4ccccc4)C3)nc3ccccc32)c1. The molecule has 1 aliphatic heterocycles. The number of hydrogen-bond acceptors (Lipinski definition) is 4. The lowest BCUT2D eigenvalue weighted by Crippen LogP contribution is -2.24. The van der Waals surface area contributed by atoms with Crippen LogP contribution in [0.1, 0.15) is 24.6 Å². The Balaban J connectivity index is 1.33. The number of methoxy groups -OCH3 is 1. The number of aryl methyl sites for hydroxylation is 1. The second-order valence-electron chi connectivity index (χ2n) is 8.23. The van der Waals surface area contributed by atoms with E-state index >= 15 is 0 Å². The molecule has 1 fully saturated rings. The van der Waals surface area contributed by atoms with Gasteiger partial charge in [-0.2, -0.15) is 0 Å². The number of imidazole rings is 1. The Kier molecular flexibility index (Phi) is 5.98. The second-order valence-corrected chi connectivity index (χ2v) is 8.23. The average Bonchev–Trinajstić information content (AvgIpc) is 3.43. The van der Waals surface area contributed by atoms with Crippen LogP contribution in [0.5, 0.6) is 11.5 Å². The quantitative estimate of drug-likeness (QED) is 0.360. The van der Waals surface area contributed by atoms with Crippen LogP contribution in [0.15, 0.2) is 78.9 Å². The zero-order chi connectivity index (χ0) is 22.6. The Bertz CT molecular complexity index is 1250. The van der Waals surface area contributed by atoms with Gasteiger partial charge in [-0.3, -0.25) is 4.79 Å². The van der Waals surface area contributed by atoms with E-state index < -0.39 is 0 Å². The maximum atomic E-state index is 12.8. The molecule has 5 rings (SSSR count). The number of aromatic nitrogens is 2. The molecule has 1 amide bonds. The summed E-state index contributed by atoms with van der Waals surface area (Å²) in [5.41, 5.74) is 3.01. The predicted octanol–water partition coefficient (Wildman–Crippen LogP) is 5.03. The second kappa shape index (κ2) is 9.36. The first-order valence-electron chi connectivity index (χ1n) is 11.3. The van der Waals surface area contributed by atoms with Gasteiger partial charge >= 0.3 is 0 Å². The largest absolute Gasteiger partial charge is 0.497 e. The summed E-state index contributed by atoms with van der Waals surface area (Å²) in [4.78, 5) is 19.6. The average molecular weight is 442 g/mol. The summed E-state index contributed by atoms with van der Waals surface area (Å²) < 4.78 is 13.5. The summed E-state index contributed by atoms with van der Waals surface area (Å²) in [7, 11) is 1.65. The van der Waals surface area contributed by atoms with E-state index in [9.17, 15) is 4.79 Å². The van der Waals surface area contributed by atoms with Crippen molar-refractivity contribution < 1.29 is 14.3 Å². The Hall–Kier alpha value is -3.80. The van der Waals surface area contributed by atoms with Gasteiger partial charge in [-0.05, 0) is 42.8 Å². The summed E-state index contributed by atoms with van der Waals surface area (Å²) in [5, 5.41) is 0. The maximum absolute atomic E-state index is 12.8. The molecule has 168 valence electrons. The fourth-order valence-corrected chi connectivity index (χ4v) is 4.48. The number of carbonyl (C=O) groups excluding carboxylic acids is 1. The maximum Gasteiger partial charge on any atom is 0.227 e. The van der Waals surface area contributed by atoms with E-state index in [1.807, 2.05) is 77.7 Å². The lowest BCUT2D eigenvalue weighted by Gasteiger charge is -2.17. The highest BCUT2D eigenvalue weighted by Gasteiger charge is 2.34. The molecule has 33 heavy (non-hydrogen) atoms. The van der Waals surface area contributed by atoms with Crippen molar-refractivity contribution in [3.8, 4) is 11.5 Å². The van der Waals surface area contributed by atoms with Crippen molar-refractivity contribution in [3.63, 3.8) is 0 Å². The van der Waals surface area contributed by atoms with E-state index in [4.69, 9.17) is 14.5 Å². The van der Waals surface area contributed by atoms with Gasteiger partial charge in [-0.1, -0.05) is 36.4 Å². The van der Waals surface area contributed by atoms with Crippen LogP contribution in [-0.2, 0) is 11.3 Å². The number of hydrogen-bond donors (Lipinski definition) is 0. The molecule has 0 N–H and O–H groups in total. The summed E-state index contributed by atoms with van der Waals surface area (Å²) >= 11 is 0. The van der Waals surface area contributed by atoms with Gasteiger partial charge in [-0.25, -0.2) is 4.98 Å². The van der Waals surface area contributed by atoms with Gasteiger partial charge < -0.3 is 18.9 Å². The minimum absolute atomic E-state index is 0.0596. The molecule has 3 aromatic carbocycles. The zero-order valence-electron chi connectivity index (χ0n) is 18.7. The van der Waals surface area contributed by atoms with Crippen molar-refractivity contribution in [2.75, 3.05) is 25.2 Å². The first-order chi connectivity index (χ1) is 16.2. The molecule has 4 aromatic rings. The minimum atomic E-state index is 0.0596. The smallest absolute Gasteiger partial charge is 0.227 e. The van der Waals surface area contributed by atoms with E-state index in [0.717, 1.165) is 47.0 Å². The topological polar surface area (TPSA) is 56.6 Å². The third kappa shape index (κ3) is 4.42. The molecule has 1 saturated heterocycles. The first kappa shape index (κ1) is 21.1. The van der Waals surface area contributed by atoms with Gasteiger partial charge in [0.2, 0.25) is 5.91 Å². The lowest BCUT2D eigenvalue weighted by atomic mass is 10.1. The van der Waals surface area contributed by atoms with Crippen LogP contribution in [0.4, 0.5) is 5.69 Å². The van der Waals surface area contributed by atoms with Gasteiger partial charge in [0, 0.05) is 37.2 Å². The van der Waals surface area contributed by atoms with Crippen LogP contribution in [0.3, 0.4) is 0 Å². The fraction of sp³-hybridized carbons (Fsp3) is 0.259. The number of para-hydroxylation sites is 3. The number of amides is 1. The summed E-state index contributed by atoms with van der Waals surface area (Å²) in [5.74, 6) is 2.76. The third-order valence-corrected chi connectivity index (χ3v) is 6.08. The molecule has 1 aromatic heterocycles. The van der Waals surface area contributed by atoms with Gasteiger partial charge in [-0.15, -0.1) is 0 Å². The van der Waals surface area contributed by atoms with Crippen molar-refractivity contribution in [1.82, 2.24) is 9.55 Å². The van der Waals surface area contributed by atoms with E-state index in [2.05, 4.69) is 10.6 Å². The summed E-state index contributed by atoms with van der Waals surface area (Å²) in [6, 6.07) is 25.7. The van der Waals surface area contributed by atoms with Crippen molar-refractivity contribution in [1.29, 1.82) is 0 Å². The predicted molar refractivity (Wildman–Crippen MR) is 129 cm³/mol. The number of rotatable bonds is 8. The Labute approximate surface area is 193 Å². The van der Waals surface area contributed by atoms with E-state index in [1.165, 1.54) is 0 Å². The monoisotopic (exact) mass is 441 g/mol. The van der Waals surface area contributed by atoms with Crippen molar-refractivity contribution in [3.05, 3.63) is 84.7 Å². The molecule has 6 heteroatoms. The van der Waals surface area contributed by atoms with Gasteiger partial charge in [0.25, 0.3) is 0 Å². The highest BCUT2D eigenvalue weighted by molar-refractivity contribution is 5.96. The van der Waals surface area contributed by atoms with Crippen LogP contribution in [0.2, 0.25) is 0 Å². The van der Waals surface area contributed by atoms with Gasteiger partial charge in [0.15, 0.2) is 0 Å². The van der Waals surface area contributed by atoms with Gasteiger partial charge in [0.1, 0.15) is 17.3 Å². The number of anilines is 1. The minimum Gasteiger partial charge on any atom is -0.497 e. The van der Waals surface area contributed by atoms with Crippen molar-refractivity contribution in [2.45, 2.75) is 25.3 Å². The molecule has 0 spiro atoms. The summed E-state index contributed by atoms with van der Waals surface area (Å²) in [6.07, 6.45) is 1.30. The molecule has 1 aliphatic rings. The molecule has 0 aliphatic carbocycles. The number of benzene rings is 3. The number of ether oxygens (including phenoxy) is 2. The number of nitrogens with zero attached hydrogens (tertiary/aromatic N) is 3. The van der Waals surface area contributed by atoms with E-state index in [0.29, 0.717) is 19.6 Å². The van der Waals surface area contributed by atoms with E-state index in [-0.39, 0.29) is 11.8 Å². The molecule has 0 saturated carbocycles. The van der Waals surface area contributed by atoms with Crippen molar-refractivity contribution >= 4 is 22.6 Å². The van der Waals surface area contributed by atoms with Crippen LogP contribution >= 0.6 is 0 Å². The van der Waals surface area contributed by atoms with Crippen molar-refractivity contribution in [2.24, 2.45) is 0 Å². The molecule has 0 radical (unpaired) electrons. The molecular weight excluding hydrogens is 414 g/mol. The molecule has 2 heterocycles. The van der Waals surface area contributed by atoms with Gasteiger partial charge in [0.05, 0.1) is 24.8 Å². The summed E-state index contributed by atoms with van der Waals surface area (Å²) in [6.45, 7) is 2.00. The van der Waals surface area contributed by atoms with Crippen LogP contribution in [0.25, 0.3) is 11.0 Å². The van der Waals surface area contributed by atoms with Crippen LogP contribution in [0, 0.1) is 0 Å². The highest BCUT2D eigenvalue weighted by atomic mass is 16.5. The molecule has 0 unspecified atom stereocenters.